The van der Waals surface area contributed by atoms with Crippen molar-refractivity contribution in [2.45, 2.75) is 43.9 Å². The smallest absolute Gasteiger partial charge is 0.123 e. The maximum atomic E-state index is 4.62. The molecule has 7 rings (SSSR count). The third-order valence-corrected chi connectivity index (χ3v) is 8.12. The number of nitrogens with zero attached hydrogens (tertiary/aromatic N) is 3. The predicted octanol–water partition coefficient (Wildman–Crippen LogP) is 4.00. The van der Waals surface area contributed by atoms with Gasteiger partial charge in [0.2, 0.25) is 0 Å². The van der Waals surface area contributed by atoms with Crippen LogP contribution in [0.3, 0.4) is 0 Å². The van der Waals surface area contributed by atoms with E-state index in [9.17, 15) is 0 Å². The molecule has 0 amide bonds. The van der Waals surface area contributed by atoms with E-state index in [1.54, 1.807) is 0 Å². The van der Waals surface area contributed by atoms with Gasteiger partial charge >= 0.3 is 0 Å². The van der Waals surface area contributed by atoms with Crippen molar-refractivity contribution in [1.29, 1.82) is 0 Å². The van der Waals surface area contributed by atoms with Gasteiger partial charge in [-0.05, 0) is 67.1 Å². The second-order valence-electron chi connectivity index (χ2n) is 10.5. The molecule has 1 unspecified atom stereocenters. The van der Waals surface area contributed by atoms with E-state index < -0.39 is 0 Å². The molecule has 0 bridgehead atoms. The third kappa shape index (κ3) is 4.29. The van der Waals surface area contributed by atoms with Gasteiger partial charge < -0.3 is 26.3 Å². The minimum absolute atomic E-state index is 0.164. The summed E-state index contributed by atoms with van der Waals surface area (Å²) in [6, 6.07) is 20.4. The maximum absolute atomic E-state index is 4.62. The van der Waals surface area contributed by atoms with Crippen LogP contribution >= 0.6 is 0 Å². The molecule has 3 aliphatic heterocycles. The van der Waals surface area contributed by atoms with Crippen molar-refractivity contribution in [1.82, 2.24) is 41.0 Å². The number of benzene rings is 2. The second-order valence-corrected chi connectivity index (χ2v) is 10.5. The van der Waals surface area contributed by atoms with Gasteiger partial charge in [-0.15, -0.1) is 0 Å². The third-order valence-electron chi connectivity index (χ3n) is 8.12. The first-order valence-electron chi connectivity index (χ1n) is 13.7. The summed E-state index contributed by atoms with van der Waals surface area (Å²) in [6.07, 6.45) is 8.70. The number of H-pyrrole nitrogens is 1. The zero-order valence-corrected chi connectivity index (χ0v) is 21.7. The lowest BCUT2D eigenvalue weighted by atomic mass is 10.0. The number of imidazole rings is 1. The van der Waals surface area contributed by atoms with Crippen LogP contribution in [0.2, 0.25) is 0 Å². The Morgan fingerprint density at radius 3 is 2.11 bits per heavy atom. The molecule has 0 aliphatic carbocycles. The summed E-state index contributed by atoms with van der Waals surface area (Å²) in [7, 11) is 1.99. The molecular formula is C30H34N8. The number of hydrogen-bond donors (Lipinski definition) is 5. The van der Waals surface area contributed by atoms with Crippen molar-refractivity contribution in [3.8, 4) is 22.4 Å². The summed E-state index contributed by atoms with van der Waals surface area (Å²) in [5.74, 6) is 1.04. The Kier molecular flexibility index (Phi) is 5.98. The highest BCUT2D eigenvalue weighted by Crippen LogP contribution is 2.31. The van der Waals surface area contributed by atoms with Crippen molar-refractivity contribution < 1.29 is 0 Å². The summed E-state index contributed by atoms with van der Waals surface area (Å²) in [5, 5.41) is 19.1. The molecule has 0 spiro atoms. The largest absolute Gasteiger partial charge is 0.362 e. The highest BCUT2D eigenvalue weighted by Gasteiger charge is 2.33. The van der Waals surface area contributed by atoms with Crippen LogP contribution < -0.4 is 21.3 Å². The zero-order chi connectivity index (χ0) is 25.5. The minimum Gasteiger partial charge on any atom is -0.362 e. The molecule has 0 saturated carbocycles. The monoisotopic (exact) mass is 506 g/mol. The van der Waals surface area contributed by atoms with Gasteiger partial charge in [0.25, 0.3) is 0 Å². The Bertz CT molecular complexity index is 1430. The first-order valence-corrected chi connectivity index (χ1v) is 13.7. The molecular weight excluding hydrogens is 472 g/mol. The van der Waals surface area contributed by atoms with E-state index in [1.165, 1.54) is 36.0 Å². The molecule has 0 radical (unpaired) electrons. The molecule has 8 heteroatoms. The fraction of sp³-hybridized carbons (Fsp3) is 0.333. The van der Waals surface area contributed by atoms with Crippen LogP contribution in [0.5, 0.6) is 0 Å². The number of rotatable bonds is 6. The normalized spacial score (nSPS) is 23.1. The highest BCUT2D eigenvalue weighted by atomic mass is 15.3. The Labute approximate surface area is 223 Å². The molecule has 2 aromatic heterocycles. The SMILES string of the molecule is Cn1nccc1C1=C(c2ccc(-c3ccc(-c4cnc([C@@H]5CCCN5)[nH]4)cc3)cc2)NC([C@@H]2CCCN2)N1. The summed E-state index contributed by atoms with van der Waals surface area (Å²) in [5.41, 5.74) is 9.09. The molecule has 3 aliphatic rings. The Balaban J connectivity index is 1.12. The fourth-order valence-electron chi connectivity index (χ4n) is 5.99. The van der Waals surface area contributed by atoms with Crippen LogP contribution in [0.15, 0.2) is 67.0 Å². The predicted molar refractivity (Wildman–Crippen MR) is 151 cm³/mol. The number of nitrogens with one attached hydrogen (secondary N) is 5. The van der Waals surface area contributed by atoms with Crippen molar-refractivity contribution in [3.63, 3.8) is 0 Å². The van der Waals surface area contributed by atoms with Gasteiger partial charge in [-0.3, -0.25) is 4.68 Å². The van der Waals surface area contributed by atoms with Crippen LogP contribution in [0.25, 0.3) is 33.8 Å². The van der Waals surface area contributed by atoms with Gasteiger partial charge in [0, 0.05) is 19.3 Å². The number of aryl methyl sites for hydroxylation is 1. The second kappa shape index (κ2) is 9.78. The lowest BCUT2D eigenvalue weighted by molar-refractivity contribution is 0.432. The molecule has 2 fully saturated rings. The van der Waals surface area contributed by atoms with Crippen LogP contribution in [0, 0.1) is 0 Å². The van der Waals surface area contributed by atoms with E-state index in [4.69, 9.17) is 0 Å². The molecule has 2 aromatic carbocycles. The maximum Gasteiger partial charge on any atom is 0.123 e. The standard InChI is InChI=1S/C30H34N8/c1-38-26(14-17-34-38)28-27(36-30(37-28)24-5-3-16-32-24)22-12-8-20(9-13-22)19-6-10-21(11-7-19)25-18-33-29(35-25)23-4-2-15-31-23/h6-14,17-18,23-24,30-32,36-37H,2-5,15-16H2,1H3,(H,33,35)/t23-,24-,30?/m0/s1. The topological polar surface area (TPSA) is 94.6 Å². The van der Waals surface area contributed by atoms with Gasteiger partial charge in [0.1, 0.15) is 12.0 Å². The fourth-order valence-corrected chi connectivity index (χ4v) is 5.99. The van der Waals surface area contributed by atoms with E-state index in [2.05, 4.69) is 90.9 Å². The average molecular weight is 507 g/mol. The number of aromatic amines is 1. The lowest BCUT2D eigenvalue weighted by Crippen LogP contribution is -2.48. The van der Waals surface area contributed by atoms with Gasteiger partial charge in [0.05, 0.1) is 35.0 Å². The van der Waals surface area contributed by atoms with E-state index >= 15 is 0 Å². The Morgan fingerprint density at radius 2 is 1.45 bits per heavy atom. The highest BCUT2D eigenvalue weighted by molar-refractivity contribution is 5.91. The Hall–Kier alpha value is -3.88. The van der Waals surface area contributed by atoms with Crippen LogP contribution in [0.4, 0.5) is 0 Å². The molecule has 38 heavy (non-hydrogen) atoms. The minimum atomic E-state index is 0.164. The van der Waals surface area contributed by atoms with E-state index in [1.807, 2.05) is 24.1 Å². The Morgan fingerprint density at radius 1 is 0.763 bits per heavy atom. The van der Waals surface area contributed by atoms with Crippen molar-refractivity contribution >= 4 is 11.4 Å². The van der Waals surface area contributed by atoms with Gasteiger partial charge in [-0.1, -0.05) is 48.5 Å². The van der Waals surface area contributed by atoms with Crippen LogP contribution in [-0.2, 0) is 7.05 Å². The summed E-state index contributed by atoms with van der Waals surface area (Å²) in [6.45, 7) is 2.15. The van der Waals surface area contributed by atoms with E-state index in [-0.39, 0.29) is 6.17 Å². The van der Waals surface area contributed by atoms with Gasteiger partial charge in [-0.25, -0.2) is 4.98 Å². The molecule has 5 heterocycles. The first-order chi connectivity index (χ1) is 18.7. The molecule has 2 saturated heterocycles. The molecule has 8 nitrogen and oxygen atoms in total. The first kappa shape index (κ1) is 23.3. The van der Waals surface area contributed by atoms with Gasteiger partial charge in [0.15, 0.2) is 0 Å². The molecule has 4 aromatic rings. The average Bonchev–Trinajstić information content (AvgIpc) is 3.79. The van der Waals surface area contributed by atoms with E-state index in [0.29, 0.717) is 12.1 Å². The van der Waals surface area contributed by atoms with Crippen molar-refractivity contribution in [2.75, 3.05) is 13.1 Å². The van der Waals surface area contributed by atoms with Crippen molar-refractivity contribution in [3.05, 3.63) is 84.1 Å². The van der Waals surface area contributed by atoms with Crippen molar-refractivity contribution in [2.24, 2.45) is 7.05 Å². The van der Waals surface area contributed by atoms with Crippen LogP contribution in [0.1, 0.15) is 48.8 Å². The summed E-state index contributed by atoms with van der Waals surface area (Å²) >= 11 is 0. The lowest BCUT2D eigenvalue weighted by Gasteiger charge is -2.21. The van der Waals surface area contributed by atoms with Crippen LogP contribution in [-0.4, -0.2) is 45.0 Å². The summed E-state index contributed by atoms with van der Waals surface area (Å²) < 4.78 is 1.93. The molecule has 5 N–H and O–H groups in total. The zero-order valence-electron chi connectivity index (χ0n) is 21.7. The quantitative estimate of drug-likeness (QED) is 0.271. The number of aromatic nitrogens is 4. The van der Waals surface area contributed by atoms with Gasteiger partial charge in [-0.2, -0.15) is 5.10 Å². The molecule has 194 valence electrons. The number of hydrogen-bond acceptors (Lipinski definition) is 6. The molecule has 3 atom stereocenters. The van der Waals surface area contributed by atoms with E-state index in [0.717, 1.165) is 53.7 Å². The summed E-state index contributed by atoms with van der Waals surface area (Å²) in [4.78, 5) is 8.13.